The number of hydrogen-bond acceptors (Lipinski definition) is 6. The van der Waals surface area contributed by atoms with Gasteiger partial charge in [0.2, 0.25) is 0 Å². The van der Waals surface area contributed by atoms with Gasteiger partial charge in [0, 0.05) is 12.1 Å². The van der Waals surface area contributed by atoms with Crippen LogP contribution >= 0.6 is 0 Å². The number of methoxy groups -OCH3 is 3. The molecule has 0 aliphatic carbocycles. The van der Waals surface area contributed by atoms with E-state index < -0.39 is 10.1 Å². The number of rotatable bonds is 6. The molecule has 0 amide bonds. The fourth-order valence-electron chi connectivity index (χ4n) is 1.39. The smallest absolute Gasteiger partial charge is 0.264 e. The Morgan fingerprint density at radius 3 is 1.83 bits per heavy atom. The van der Waals surface area contributed by atoms with Gasteiger partial charge in [0.15, 0.2) is 0 Å². The Balaban J connectivity index is 3.14. The number of benzene rings is 1. The zero-order valence-corrected chi connectivity index (χ0v) is 11.5. The highest BCUT2D eigenvalue weighted by Crippen LogP contribution is 2.34. The quantitative estimate of drug-likeness (QED) is 0.727. The van der Waals surface area contributed by atoms with Gasteiger partial charge in [-0.3, -0.25) is 4.18 Å². The van der Waals surface area contributed by atoms with Gasteiger partial charge in [-0.25, -0.2) is 0 Å². The molecule has 18 heavy (non-hydrogen) atoms. The molecular weight excluding hydrogens is 260 g/mol. The van der Waals surface area contributed by atoms with E-state index in [0.717, 1.165) is 6.26 Å². The standard InChI is InChI=1S/C11H16O6S/c1-14-8-5-10(15-2)9(11(6-8)16-3)7-17-18(4,12)13/h5-6H,7H2,1-4H3. The molecule has 0 aliphatic rings. The third kappa shape index (κ3) is 3.78. The molecule has 0 aromatic heterocycles. The lowest BCUT2D eigenvalue weighted by molar-refractivity contribution is 0.291. The second kappa shape index (κ2) is 5.92. The van der Waals surface area contributed by atoms with Crippen molar-refractivity contribution in [2.24, 2.45) is 0 Å². The molecule has 7 heteroatoms. The summed E-state index contributed by atoms with van der Waals surface area (Å²) in [5.74, 6) is 1.43. The van der Waals surface area contributed by atoms with Gasteiger partial charge in [0.25, 0.3) is 10.1 Å². The molecule has 0 N–H and O–H groups in total. The first kappa shape index (κ1) is 14.6. The summed E-state index contributed by atoms with van der Waals surface area (Å²) in [4.78, 5) is 0. The average molecular weight is 276 g/mol. The van der Waals surface area contributed by atoms with Crippen molar-refractivity contribution in [2.75, 3.05) is 27.6 Å². The third-order valence-electron chi connectivity index (χ3n) is 2.23. The van der Waals surface area contributed by atoms with Crippen LogP contribution in [-0.2, 0) is 20.9 Å². The van der Waals surface area contributed by atoms with Crippen molar-refractivity contribution in [3.8, 4) is 17.2 Å². The lowest BCUT2D eigenvalue weighted by Gasteiger charge is -2.14. The molecule has 0 saturated carbocycles. The lowest BCUT2D eigenvalue weighted by Crippen LogP contribution is -2.05. The molecule has 0 radical (unpaired) electrons. The van der Waals surface area contributed by atoms with Crippen molar-refractivity contribution in [2.45, 2.75) is 6.61 Å². The first-order valence-electron chi connectivity index (χ1n) is 5.04. The Bertz CT molecular complexity index is 483. The summed E-state index contributed by atoms with van der Waals surface area (Å²) in [6.45, 7) is -0.158. The van der Waals surface area contributed by atoms with Gasteiger partial charge in [-0.2, -0.15) is 8.42 Å². The SMILES string of the molecule is COc1cc(OC)c(COS(C)(=O)=O)c(OC)c1. The predicted molar refractivity (Wildman–Crippen MR) is 65.7 cm³/mol. The van der Waals surface area contributed by atoms with Crippen LogP contribution < -0.4 is 14.2 Å². The van der Waals surface area contributed by atoms with E-state index in [1.54, 1.807) is 12.1 Å². The Hall–Kier alpha value is -1.47. The second-order valence-corrected chi connectivity index (χ2v) is 5.12. The van der Waals surface area contributed by atoms with E-state index in [9.17, 15) is 8.42 Å². The lowest BCUT2D eigenvalue weighted by atomic mass is 10.1. The van der Waals surface area contributed by atoms with Crippen LogP contribution in [0.5, 0.6) is 17.2 Å². The first-order chi connectivity index (χ1) is 8.41. The monoisotopic (exact) mass is 276 g/mol. The summed E-state index contributed by atoms with van der Waals surface area (Å²) in [6.07, 6.45) is 0.982. The van der Waals surface area contributed by atoms with Crippen LogP contribution in [0, 0.1) is 0 Å². The van der Waals surface area contributed by atoms with E-state index in [1.165, 1.54) is 21.3 Å². The second-order valence-electron chi connectivity index (χ2n) is 3.48. The molecule has 6 nitrogen and oxygen atoms in total. The summed E-state index contributed by atoms with van der Waals surface area (Å²) in [5, 5.41) is 0. The zero-order valence-electron chi connectivity index (χ0n) is 10.7. The molecule has 0 bridgehead atoms. The van der Waals surface area contributed by atoms with Crippen LogP contribution in [0.4, 0.5) is 0 Å². The maximum absolute atomic E-state index is 11.0. The van der Waals surface area contributed by atoms with E-state index in [2.05, 4.69) is 0 Å². The summed E-state index contributed by atoms with van der Waals surface area (Å²) >= 11 is 0. The first-order valence-corrected chi connectivity index (χ1v) is 6.86. The normalized spacial score (nSPS) is 11.1. The van der Waals surface area contributed by atoms with Crippen LogP contribution in [0.1, 0.15) is 5.56 Å². The van der Waals surface area contributed by atoms with E-state index in [-0.39, 0.29) is 6.61 Å². The average Bonchev–Trinajstić information content (AvgIpc) is 2.34. The van der Waals surface area contributed by atoms with Crippen molar-refractivity contribution in [3.63, 3.8) is 0 Å². The van der Waals surface area contributed by atoms with Crippen LogP contribution in [0.3, 0.4) is 0 Å². The number of ether oxygens (including phenoxy) is 3. The molecule has 0 unspecified atom stereocenters. The molecule has 0 saturated heterocycles. The van der Waals surface area contributed by atoms with Gasteiger partial charge < -0.3 is 14.2 Å². The summed E-state index contributed by atoms with van der Waals surface area (Å²) in [5.41, 5.74) is 0.506. The van der Waals surface area contributed by atoms with E-state index in [0.29, 0.717) is 22.8 Å². The highest BCUT2D eigenvalue weighted by Gasteiger charge is 2.15. The fourth-order valence-corrected chi connectivity index (χ4v) is 1.72. The topological polar surface area (TPSA) is 71.1 Å². The predicted octanol–water partition coefficient (Wildman–Crippen LogP) is 1.19. The van der Waals surface area contributed by atoms with E-state index in [1.807, 2.05) is 0 Å². The van der Waals surface area contributed by atoms with Gasteiger partial charge in [0.05, 0.1) is 39.8 Å². The molecule has 102 valence electrons. The van der Waals surface area contributed by atoms with E-state index in [4.69, 9.17) is 18.4 Å². The minimum atomic E-state index is -3.53. The molecule has 0 aliphatic heterocycles. The summed E-state index contributed by atoms with van der Waals surface area (Å²) in [6, 6.07) is 3.26. The van der Waals surface area contributed by atoms with Gasteiger partial charge in [-0.15, -0.1) is 0 Å². The summed E-state index contributed by atoms with van der Waals surface area (Å²) in [7, 11) is 0.925. The number of hydrogen-bond donors (Lipinski definition) is 0. The van der Waals surface area contributed by atoms with Crippen LogP contribution in [0.25, 0.3) is 0 Å². The van der Waals surface area contributed by atoms with Crippen LogP contribution in [-0.4, -0.2) is 36.0 Å². The van der Waals surface area contributed by atoms with Crippen molar-refractivity contribution in [3.05, 3.63) is 17.7 Å². The molecule has 0 atom stereocenters. The van der Waals surface area contributed by atoms with Gasteiger partial charge in [0.1, 0.15) is 17.2 Å². The van der Waals surface area contributed by atoms with Gasteiger partial charge in [-0.05, 0) is 0 Å². The Morgan fingerprint density at radius 1 is 1.00 bits per heavy atom. The minimum absolute atomic E-state index is 0.158. The summed E-state index contributed by atoms with van der Waals surface area (Å²) < 4.78 is 42.1. The zero-order chi connectivity index (χ0) is 13.8. The van der Waals surface area contributed by atoms with Gasteiger partial charge in [-0.1, -0.05) is 0 Å². The molecule has 0 fully saturated rings. The van der Waals surface area contributed by atoms with Crippen molar-refractivity contribution >= 4 is 10.1 Å². The molecular formula is C11H16O6S. The van der Waals surface area contributed by atoms with Gasteiger partial charge >= 0.3 is 0 Å². The van der Waals surface area contributed by atoms with Crippen LogP contribution in [0.2, 0.25) is 0 Å². The highest BCUT2D eigenvalue weighted by molar-refractivity contribution is 7.85. The van der Waals surface area contributed by atoms with Crippen molar-refractivity contribution < 1.29 is 26.8 Å². The third-order valence-corrected chi connectivity index (χ3v) is 2.78. The Labute approximate surface area is 107 Å². The molecule has 0 heterocycles. The Kier molecular flexibility index (Phi) is 4.80. The largest absolute Gasteiger partial charge is 0.496 e. The van der Waals surface area contributed by atoms with E-state index >= 15 is 0 Å². The minimum Gasteiger partial charge on any atom is -0.496 e. The maximum Gasteiger partial charge on any atom is 0.264 e. The molecule has 0 spiro atoms. The molecule has 1 rings (SSSR count). The molecule has 1 aromatic rings. The van der Waals surface area contributed by atoms with Crippen molar-refractivity contribution in [1.29, 1.82) is 0 Å². The van der Waals surface area contributed by atoms with Crippen molar-refractivity contribution in [1.82, 2.24) is 0 Å². The van der Waals surface area contributed by atoms with Crippen LogP contribution in [0.15, 0.2) is 12.1 Å². The Morgan fingerprint density at radius 2 is 1.50 bits per heavy atom. The molecule has 1 aromatic carbocycles. The maximum atomic E-state index is 11.0. The fraction of sp³-hybridized carbons (Fsp3) is 0.455. The highest BCUT2D eigenvalue weighted by atomic mass is 32.2.